The third-order valence-electron chi connectivity index (χ3n) is 2.42. The van der Waals surface area contributed by atoms with Crippen molar-refractivity contribution in [3.8, 4) is 5.69 Å². The van der Waals surface area contributed by atoms with Gasteiger partial charge in [0.15, 0.2) is 0 Å². The molecular weight excluding hydrogens is 224 g/mol. The highest BCUT2D eigenvalue weighted by Gasteiger charge is 2.05. The number of hydrogen-bond donors (Lipinski definition) is 0. The van der Waals surface area contributed by atoms with Gasteiger partial charge in [0, 0.05) is 0 Å². The molecule has 0 bridgehead atoms. The lowest BCUT2D eigenvalue weighted by atomic mass is 10.2. The molecular formula is C14H16N4. The predicted octanol–water partition coefficient (Wildman–Crippen LogP) is 3.03. The Morgan fingerprint density at radius 3 is 2.44 bits per heavy atom. The Labute approximate surface area is 107 Å². The van der Waals surface area contributed by atoms with Crippen molar-refractivity contribution >= 4 is 5.57 Å². The van der Waals surface area contributed by atoms with Crippen molar-refractivity contribution < 1.29 is 0 Å². The van der Waals surface area contributed by atoms with Crippen molar-refractivity contribution in [2.24, 2.45) is 0 Å². The van der Waals surface area contributed by atoms with Gasteiger partial charge in [-0.1, -0.05) is 35.9 Å². The van der Waals surface area contributed by atoms with E-state index >= 15 is 0 Å². The van der Waals surface area contributed by atoms with E-state index in [2.05, 4.69) is 29.3 Å². The van der Waals surface area contributed by atoms with E-state index in [-0.39, 0.29) is 0 Å². The molecule has 2 aromatic rings. The summed E-state index contributed by atoms with van der Waals surface area (Å²) < 4.78 is 0. The molecule has 1 aromatic carbocycles. The molecule has 0 spiro atoms. The predicted molar refractivity (Wildman–Crippen MR) is 72.2 cm³/mol. The van der Waals surface area contributed by atoms with Crippen molar-refractivity contribution in [1.29, 1.82) is 0 Å². The Bertz CT molecular complexity index is 575. The van der Waals surface area contributed by atoms with Crippen LogP contribution in [0.15, 0.2) is 48.1 Å². The summed E-state index contributed by atoms with van der Waals surface area (Å²) in [5.41, 5.74) is 3.15. The van der Waals surface area contributed by atoms with Crippen LogP contribution in [0.5, 0.6) is 0 Å². The minimum atomic E-state index is 0.649. The summed E-state index contributed by atoms with van der Waals surface area (Å²) in [6.07, 6.45) is 4.04. The van der Waals surface area contributed by atoms with Crippen LogP contribution in [0.2, 0.25) is 0 Å². The molecule has 0 radical (unpaired) electrons. The van der Waals surface area contributed by atoms with E-state index in [4.69, 9.17) is 0 Å². The van der Waals surface area contributed by atoms with E-state index in [9.17, 15) is 0 Å². The fourth-order valence-electron chi connectivity index (χ4n) is 1.41. The van der Waals surface area contributed by atoms with Crippen LogP contribution in [0.25, 0.3) is 11.3 Å². The molecule has 4 heteroatoms. The lowest BCUT2D eigenvalue weighted by molar-refractivity contribution is 0.719. The average Bonchev–Trinajstić information content (AvgIpc) is 2.86. The minimum Gasteiger partial charge on any atom is -0.131 e. The number of para-hydroxylation sites is 1. The highest BCUT2D eigenvalue weighted by molar-refractivity contribution is 5.58. The third-order valence-corrected chi connectivity index (χ3v) is 2.42. The molecule has 1 aromatic heterocycles. The molecule has 0 fully saturated rings. The highest BCUT2D eigenvalue weighted by Crippen LogP contribution is 2.09. The summed E-state index contributed by atoms with van der Waals surface area (Å²) >= 11 is 0. The number of rotatable bonds is 3. The molecule has 1 heterocycles. The van der Waals surface area contributed by atoms with Crippen molar-refractivity contribution in [3.05, 3.63) is 53.9 Å². The Kier molecular flexibility index (Phi) is 3.67. The van der Waals surface area contributed by atoms with Crippen LogP contribution in [-0.4, -0.2) is 20.2 Å². The van der Waals surface area contributed by atoms with Gasteiger partial charge in [-0.05, 0) is 43.7 Å². The van der Waals surface area contributed by atoms with E-state index in [1.54, 1.807) is 0 Å². The summed E-state index contributed by atoms with van der Waals surface area (Å²) in [6.45, 7) is 6.09. The maximum absolute atomic E-state index is 4.36. The number of aromatic nitrogens is 4. The van der Waals surface area contributed by atoms with Gasteiger partial charge in [0.25, 0.3) is 0 Å². The van der Waals surface area contributed by atoms with Gasteiger partial charge >= 0.3 is 0 Å². The maximum atomic E-state index is 4.36. The number of tetrazole rings is 1. The second-order valence-corrected chi connectivity index (χ2v) is 4.33. The van der Waals surface area contributed by atoms with E-state index in [1.165, 1.54) is 10.4 Å². The molecule has 2 rings (SSSR count). The van der Waals surface area contributed by atoms with Crippen molar-refractivity contribution in [3.63, 3.8) is 0 Å². The normalized spacial score (nSPS) is 11.4. The van der Waals surface area contributed by atoms with Gasteiger partial charge in [-0.15, -0.1) is 15.0 Å². The first-order chi connectivity index (χ1) is 8.66. The number of nitrogens with zero attached hydrogens (tertiary/aromatic N) is 4. The van der Waals surface area contributed by atoms with Gasteiger partial charge < -0.3 is 0 Å². The lowest BCUT2D eigenvalue weighted by Crippen LogP contribution is -1.98. The molecule has 0 unspecified atom stereocenters. The highest BCUT2D eigenvalue weighted by atomic mass is 15.6. The van der Waals surface area contributed by atoms with Crippen LogP contribution in [0.3, 0.4) is 0 Å². The van der Waals surface area contributed by atoms with Gasteiger partial charge in [0.05, 0.1) is 5.69 Å². The van der Waals surface area contributed by atoms with Crippen LogP contribution >= 0.6 is 0 Å². The third kappa shape index (κ3) is 2.91. The molecule has 0 aliphatic heterocycles. The van der Waals surface area contributed by atoms with E-state index in [1.807, 2.05) is 49.4 Å². The molecule has 0 aliphatic carbocycles. The second kappa shape index (κ2) is 5.40. The van der Waals surface area contributed by atoms with E-state index in [0.717, 1.165) is 11.3 Å². The first kappa shape index (κ1) is 12.2. The van der Waals surface area contributed by atoms with Crippen LogP contribution in [0, 0.1) is 0 Å². The zero-order valence-corrected chi connectivity index (χ0v) is 10.8. The van der Waals surface area contributed by atoms with Crippen molar-refractivity contribution in [2.75, 3.05) is 0 Å². The lowest BCUT2D eigenvalue weighted by Gasteiger charge is -1.95. The van der Waals surface area contributed by atoms with Crippen LogP contribution in [0.4, 0.5) is 0 Å². The Balaban J connectivity index is 2.26. The number of benzene rings is 1. The van der Waals surface area contributed by atoms with Crippen molar-refractivity contribution in [2.45, 2.75) is 20.8 Å². The molecule has 0 N–H and O–H groups in total. The maximum Gasteiger partial charge on any atom is 0.201 e. The van der Waals surface area contributed by atoms with Gasteiger partial charge in [0.1, 0.15) is 0 Å². The van der Waals surface area contributed by atoms with Gasteiger partial charge in [-0.3, -0.25) is 0 Å². The quantitative estimate of drug-likeness (QED) is 0.774. The topological polar surface area (TPSA) is 43.6 Å². The molecule has 0 saturated heterocycles. The molecule has 0 saturated carbocycles. The zero-order chi connectivity index (χ0) is 13.0. The minimum absolute atomic E-state index is 0.649. The molecule has 0 amide bonds. The number of allylic oxidation sites excluding steroid dienone is 4. The first-order valence-electron chi connectivity index (χ1n) is 5.84. The number of hydrogen-bond acceptors (Lipinski definition) is 3. The van der Waals surface area contributed by atoms with E-state index in [0.29, 0.717) is 5.82 Å². The SMILES string of the molecule is CC(C)=C/C=C(\C)c1nnn(-c2ccccc2)n1. The van der Waals surface area contributed by atoms with Crippen LogP contribution in [-0.2, 0) is 0 Å². The first-order valence-corrected chi connectivity index (χ1v) is 5.84. The van der Waals surface area contributed by atoms with Gasteiger partial charge in [-0.25, -0.2) is 0 Å². The average molecular weight is 240 g/mol. The van der Waals surface area contributed by atoms with Crippen LogP contribution in [0.1, 0.15) is 26.6 Å². The molecule has 18 heavy (non-hydrogen) atoms. The summed E-state index contributed by atoms with van der Waals surface area (Å²) in [4.78, 5) is 1.54. The Hall–Kier alpha value is -2.23. The van der Waals surface area contributed by atoms with Gasteiger partial charge in [-0.2, -0.15) is 0 Å². The standard InChI is InChI=1S/C14H16N4/c1-11(2)9-10-12(3)14-15-17-18(16-14)13-7-5-4-6-8-13/h4-10H,1-3H3/b12-10+. The largest absolute Gasteiger partial charge is 0.201 e. The van der Waals surface area contributed by atoms with E-state index < -0.39 is 0 Å². The van der Waals surface area contributed by atoms with Crippen molar-refractivity contribution in [1.82, 2.24) is 20.2 Å². The monoisotopic (exact) mass is 240 g/mol. The Morgan fingerprint density at radius 1 is 1.06 bits per heavy atom. The summed E-state index contributed by atoms with van der Waals surface area (Å²) in [5, 5.41) is 12.5. The fourth-order valence-corrected chi connectivity index (χ4v) is 1.41. The Morgan fingerprint density at radius 2 is 1.78 bits per heavy atom. The summed E-state index contributed by atoms with van der Waals surface area (Å²) in [6, 6.07) is 9.75. The fraction of sp³-hybridized carbons (Fsp3) is 0.214. The second-order valence-electron chi connectivity index (χ2n) is 4.33. The van der Waals surface area contributed by atoms with Crippen LogP contribution < -0.4 is 0 Å². The molecule has 0 aliphatic rings. The zero-order valence-electron chi connectivity index (χ0n) is 10.8. The summed E-state index contributed by atoms with van der Waals surface area (Å²) in [5.74, 6) is 0.649. The molecule has 92 valence electrons. The van der Waals surface area contributed by atoms with Gasteiger partial charge in [0.2, 0.25) is 5.82 Å². The molecule has 4 nitrogen and oxygen atoms in total. The molecule has 0 atom stereocenters. The summed E-state index contributed by atoms with van der Waals surface area (Å²) in [7, 11) is 0. The smallest absolute Gasteiger partial charge is 0.131 e.